The van der Waals surface area contributed by atoms with Crippen LogP contribution in [0.5, 0.6) is 0 Å². The van der Waals surface area contributed by atoms with E-state index in [2.05, 4.69) is 5.32 Å². The topological polar surface area (TPSA) is 98.5 Å². The zero-order chi connectivity index (χ0) is 14.5. The van der Waals surface area contributed by atoms with Gasteiger partial charge in [0.1, 0.15) is 5.82 Å². The van der Waals surface area contributed by atoms with Crippen LogP contribution in [-0.4, -0.2) is 34.6 Å². The van der Waals surface area contributed by atoms with Gasteiger partial charge < -0.3 is 10.1 Å². The third kappa shape index (κ3) is 4.58. The summed E-state index contributed by atoms with van der Waals surface area (Å²) >= 11 is 0. The fourth-order valence-electron chi connectivity index (χ4n) is 1.37. The lowest BCUT2D eigenvalue weighted by atomic mass is 10.2. The average Bonchev–Trinajstić information content (AvgIpc) is 2.33. The number of halogens is 1. The number of ether oxygens (including phenoxy) is 1. The maximum atomic E-state index is 13.6. The highest BCUT2D eigenvalue weighted by molar-refractivity contribution is 7.89. The molecule has 0 bridgehead atoms. The Kier molecular flexibility index (Phi) is 5.40. The van der Waals surface area contributed by atoms with E-state index in [1.165, 1.54) is 7.11 Å². The van der Waals surface area contributed by atoms with E-state index in [4.69, 9.17) is 9.88 Å². The molecule has 8 heteroatoms. The summed E-state index contributed by atoms with van der Waals surface area (Å²) in [4.78, 5) is 11.2. The Morgan fingerprint density at radius 2 is 2.16 bits per heavy atom. The maximum absolute atomic E-state index is 13.6. The van der Waals surface area contributed by atoms with Crippen LogP contribution in [0.4, 0.5) is 4.39 Å². The fourth-order valence-corrected chi connectivity index (χ4v) is 1.90. The molecule has 0 fully saturated rings. The molecule has 0 unspecified atom stereocenters. The van der Waals surface area contributed by atoms with Crippen LogP contribution in [0.3, 0.4) is 0 Å². The molecule has 0 saturated heterocycles. The lowest BCUT2D eigenvalue weighted by molar-refractivity contribution is 0.0944. The number of nitrogens with two attached hydrogens (primary N) is 1. The van der Waals surface area contributed by atoms with Crippen molar-refractivity contribution >= 4 is 15.9 Å². The molecule has 1 aromatic rings. The highest BCUT2D eigenvalue weighted by atomic mass is 32.2. The van der Waals surface area contributed by atoms with Gasteiger partial charge in [-0.2, -0.15) is 0 Å². The molecule has 1 amide bonds. The molecule has 3 N–H and O–H groups in total. The summed E-state index contributed by atoms with van der Waals surface area (Å²) in [6.07, 6.45) is 0.596. The number of hydrogen-bond acceptors (Lipinski definition) is 4. The van der Waals surface area contributed by atoms with Crippen LogP contribution < -0.4 is 10.5 Å². The van der Waals surface area contributed by atoms with Crippen LogP contribution in [0.1, 0.15) is 16.8 Å². The first kappa shape index (κ1) is 15.5. The second kappa shape index (κ2) is 6.60. The predicted molar refractivity (Wildman–Crippen MR) is 66.6 cm³/mol. The van der Waals surface area contributed by atoms with Gasteiger partial charge in [-0.05, 0) is 24.6 Å². The van der Waals surface area contributed by atoms with Crippen molar-refractivity contribution < 1.29 is 22.3 Å². The number of carbonyl (C=O) groups excluding carboxylic acids is 1. The number of amides is 1. The quantitative estimate of drug-likeness (QED) is 0.733. The number of carbonyl (C=O) groups is 1. The van der Waals surface area contributed by atoms with E-state index in [1.54, 1.807) is 0 Å². The van der Waals surface area contributed by atoms with Crippen molar-refractivity contribution in [3.8, 4) is 0 Å². The second-order valence-corrected chi connectivity index (χ2v) is 5.35. The Hall–Kier alpha value is -1.51. The molecule has 106 valence electrons. The standard InChI is InChI=1S/C11H15FN2O4S/c1-18-6-2-5-14-11(15)9-4-3-8(7-10(9)12)19(13,16)17/h3-4,7H,2,5-6H2,1H3,(H,14,15)(H2,13,16,17). The van der Waals surface area contributed by atoms with Crippen molar-refractivity contribution in [3.63, 3.8) is 0 Å². The van der Waals surface area contributed by atoms with Gasteiger partial charge in [0.25, 0.3) is 5.91 Å². The Morgan fingerprint density at radius 3 is 2.68 bits per heavy atom. The second-order valence-electron chi connectivity index (χ2n) is 3.79. The summed E-state index contributed by atoms with van der Waals surface area (Å²) in [6, 6.07) is 2.89. The van der Waals surface area contributed by atoms with Crippen LogP contribution in [-0.2, 0) is 14.8 Å². The van der Waals surface area contributed by atoms with E-state index in [1.807, 2.05) is 0 Å². The molecule has 1 rings (SSSR count). The van der Waals surface area contributed by atoms with Gasteiger partial charge in [0.05, 0.1) is 10.5 Å². The molecule has 0 aromatic heterocycles. The number of nitrogens with one attached hydrogen (secondary N) is 1. The van der Waals surface area contributed by atoms with E-state index in [0.29, 0.717) is 19.6 Å². The molecule has 0 aliphatic carbocycles. The summed E-state index contributed by atoms with van der Waals surface area (Å²) in [5, 5.41) is 7.35. The zero-order valence-corrected chi connectivity index (χ0v) is 11.2. The van der Waals surface area contributed by atoms with Gasteiger partial charge >= 0.3 is 0 Å². The van der Waals surface area contributed by atoms with Crippen molar-refractivity contribution in [2.24, 2.45) is 5.14 Å². The van der Waals surface area contributed by atoms with Crippen LogP contribution in [0.2, 0.25) is 0 Å². The normalized spacial score (nSPS) is 11.3. The predicted octanol–water partition coefficient (Wildman–Crippen LogP) is 0.239. The largest absolute Gasteiger partial charge is 0.385 e. The van der Waals surface area contributed by atoms with E-state index in [9.17, 15) is 17.6 Å². The molecule has 0 radical (unpaired) electrons. The lowest BCUT2D eigenvalue weighted by Gasteiger charge is -2.06. The van der Waals surface area contributed by atoms with E-state index in [0.717, 1.165) is 18.2 Å². The SMILES string of the molecule is COCCCNC(=O)c1ccc(S(N)(=O)=O)cc1F. The Bertz CT molecular complexity index is 560. The molecule has 19 heavy (non-hydrogen) atoms. The molecule has 6 nitrogen and oxygen atoms in total. The molecule has 0 aliphatic heterocycles. The minimum Gasteiger partial charge on any atom is -0.385 e. The van der Waals surface area contributed by atoms with E-state index >= 15 is 0 Å². The smallest absolute Gasteiger partial charge is 0.254 e. The number of sulfonamides is 1. The number of primary sulfonamides is 1. The minimum atomic E-state index is -3.98. The highest BCUT2D eigenvalue weighted by Crippen LogP contribution is 2.13. The molecule has 1 aromatic carbocycles. The molecule has 0 heterocycles. The van der Waals surface area contributed by atoms with Crippen LogP contribution >= 0.6 is 0 Å². The van der Waals surface area contributed by atoms with Crippen LogP contribution in [0, 0.1) is 5.82 Å². The third-order valence-electron chi connectivity index (χ3n) is 2.32. The molecular weight excluding hydrogens is 275 g/mol. The first-order chi connectivity index (χ1) is 8.86. The van der Waals surface area contributed by atoms with Gasteiger partial charge in [-0.25, -0.2) is 17.9 Å². The lowest BCUT2D eigenvalue weighted by Crippen LogP contribution is -2.26. The van der Waals surface area contributed by atoms with Crippen LogP contribution in [0.15, 0.2) is 23.1 Å². The molecular formula is C11H15FN2O4S. The Labute approximate surface area is 110 Å². The van der Waals surface area contributed by atoms with Gasteiger partial charge in [0, 0.05) is 20.3 Å². The molecule has 0 aliphatic rings. The number of benzene rings is 1. The first-order valence-corrected chi connectivity index (χ1v) is 7.00. The van der Waals surface area contributed by atoms with Crippen molar-refractivity contribution in [3.05, 3.63) is 29.6 Å². The van der Waals surface area contributed by atoms with Crippen molar-refractivity contribution in [2.45, 2.75) is 11.3 Å². The summed E-state index contributed by atoms with van der Waals surface area (Å²) < 4.78 is 40.4. The molecule has 0 saturated carbocycles. The molecule has 0 atom stereocenters. The number of methoxy groups -OCH3 is 1. The summed E-state index contributed by atoms with van der Waals surface area (Å²) in [5.41, 5.74) is -0.232. The Balaban J connectivity index is 2.77. The van der Waals surface area contributed by atoms with Crippen LogP contribution in [0.25, 0.3) is 0 Å². The zero-order valence-electron chi connectivity index (χ0n) is 10.3. The number of hydrogen-bond donors (Lipinski definition) is 2. The monoisotopic (exact) mass is 290 g/mol. The van der Waals surface area contributed by atoms with E-state index in [-0.39, 0.29) is 10.5 Å². The van der Waals surface area contributed by atoms with Gasteiger partial charge in [-0.3, -0.25) is 4.79 Å². The Morgan fingerprint density at radius 1 is 1.47 bits per heavy atom. The van der Waals surface area contributed by atoms with Crippen molar-refractivity contribution in [1.82, 2.24) is 5.32 Å². The maximum Gasteiger partial charge on any atom is 0.254 e. The van der Waals surface area contributed by atoms with E-state index < -0.39 is 21.7 Å². The summed E-state index contributed by atoms with van der Waals surface area (Å²) in [5.74, 6) is -1.55. The fraction of sp³-hybridized carbons (Fsp3) is 0.364. The summed E-state index contributed by atoms with van der Waals surface area (Å²) in [6.45, 7) is 0.816. The van der Waals surface area contributed by atoms with Gasteiger partial charge in [0.15, 0.2) is 0 Å². The summed E-state index contributed by atoms with van der Waals surface area (Å²) in [7, 11) is -2.45. The minimum absolute atomic E-state index is 0.232. The van der Waals surface area contributed by atoms with Gasteiger partial charge in [-0.1, -0.05) is 0 Å². The number of rotatable bonds is 6. The highest BCUT2D eigenvalue weighted by Gasteiger charge is 2.15. The van der Waals surface area contributed by atoms with Crippen molar-refractivity contribution in [1.29, 1.82) is 0 Å². The first-order valence-electron chi connectivity index (χ1n) is 5.45. The molecule has 0 spiro atoms. The average molecular weight is 290 g/mol. The van der Waals surface area contributed by atoms with Gasteiger partial charge in [0.2, 0.25) is 10.0 Å². The van der Waals surface area contributed by atoms with Crippen molar-refractivity contribution in [2.75, 3.05) is 20.3 Å². The third-order valence-corrected chi connectivity index (χ3v) is 3.24. The van der Waals surface area contributed by atoms with Gasteiger partial charge in [-0.15, -0.1) is 0 Å².